The van der Waals surface area contributed by atoms with E-state index < -0.39 is 21.7 Å². The average molecular weight is 345 g/mol. The highest BCUT2D eigenvalue weighted by Gasteiger charge is 2.21. The average Bonchev–Trinajstić information content (AvgIpc) is 2.41. The molecule has 0 heterocycles. The first-order valence-electron chi connectivity index (χ1n) is 6.22. The highest BCUT2D eigenvalue weighted by Crippen LogP contribution is 2.27. The van der Waals surface area contributed by atoms with E-state index in [-0.39, 0.29) is 9.92 Å². The summed E-state index contributed by atoms with van der Waals surface area (Å²) in [6, 6.07) is 11.1. The van der Waals surface area contributed by atoms with Gasteiger partial charge in [-0.25, -0.2) is 8.42 Å². The lowest BCUT2D eigenvalue weighted by Crippen LogP contribution is -2.14. The molecule has 0 saturated heterocycles. The summed E-state index contributed by atoms with van der Waals surface area (Å²) in [5, 5.41) is 10.7. The van der Waals surface area contributed by atoms with Gasteiger partial charge in [-0.3, -0.25) is 0 Å². The van der Waals surface area contributed by atoms with Crippen LogP contribution in [0.15, 0.2) is 47.4 Å². The molecule has 6 heteroatoms. The summed E-state index contributed by atoms with van der Waals surface area (Å²) in [5.74, 6) is -0.409. The van der Waals surface area contributed by atoms with Crippen LogP contribution in [-0.4, -0.2) is 19.3 Å². The van der Waals surface area contributed by atoms with Crippen LogP contribution >= 0.6 is 23.2 Å². The molecule has 0 aliphatic heterocycles. The molecule has 1 N–H and O–H groups in total. The highest BCUT2D eigenvalue weighted by atomic mass is 35.5. The van der Waals surface area contributed by atoms with Crippen molar-refractivity contribution in [3.63, 3.8) is 0 Å². The van der Waals surface area contributed by atoms with Gasteiger partial charge in [0.2, 0.25) is 0 Å². The second-order valence-corrected chi connectivity index (χ2v) is 7.63. The Morgan fingerprint density at radius 2 is 1.67 bits per heavy atom. The molecule has 0 aromatic heterocycles. The van der Waals surface area contributed by atoms with E-state index in [4.69, 9.17) is 23.2 Å². The molecule has 112 valence electrons. The summed E-state index contributed by atoms with van der Waals surface area (Å²) in [7, 11) is -3.57. The third-order valence-electron chi connectivity index (χ3n) is 3.09. The van der Waals surface area contributed by atoms with Crippen LogP contribution in [0.5, 0.6) is 0 Å². The molecule has 0 aliphatic carbocycles. The third-order valence-corrected chi connectivity index (χ3v) is 5.57. The maximum absolute atomic E-state index is 12.3. The Kier molecular flexibility index (Phi) is 4.94. The summed E-state index contributed by atoms with van der Waals surface area (Å²) < 4.78 is 24.5. The number of rotatable bonds is 4. The molecule has 2 aromatic rings. The van der Waals surface area contributed by atoms with E-state index in [1.807, 2.05) is 6.92 Å². The predicted octanol–water partition coefficient (Wildman–Crippen LogP) is 3.81. The fraction of sp³-hybridized carbons (Fsp3) is 0.200. The van der Waals surface area contributed by atoms with Gasteiger partial charge < -0.3 is 5.11 Å². The predicted molar refractivity (Wildman–Crippen MR) is 84.7 cm³/mol. The Labute approximate surface area is 134 Å². The number of hydrogen-bond donors (Lipinski definition) is 1. The van der Waals surface area contributed by atoms with E-state index in [1.54, 1.807) is 18.2 Å². The highest BCUT2D eigenvalue weighted by molar-refractivity contribution is 7.91. The van der Waals surface area contributed by atoms with Gasteiger partial charge >= 0.3 is 0 Å². The third kappa shape index (κ3) is 3.98. The molecule has 0 radical (unpaired) electrons. The minimum absolute atomic E-state index is 0.187. The van der Waals surface area contributed by atoms with Crippen molar-refractivity contribution in [2.45, 2.75) is 17.9 Å². The summed E-state index contributed by atoms with van der Waals surface area (Å²) in [6.45, 7) is 1.88. The first-order chi connectivity index (χ1) is 9.79. The van der Waals surface area contributed by atoms with E-state index in [2.05, 4.69) is 0 Å². The summed E-state index contributed by atoms with van der Waals surface area (Å²) >= 11 is 11.7. The lowest BCUT2D eigenvalue weighted by molar-refractivity contribution is 0.201. The van der Waals surface area contributed by atoms with Gasteiger partial charge in [-0.05, 0) is 36.8 Å². The van der Waals surface area contributed by atoms with E-state index in [0.717, 1.165) is 5.56 Å². The van der Waals surface area contributed by atoms with Gasteiger partial charge in [-0.1, -0.05) is 47.0 Å². The molecule has 0 spiro atoms. The van der Waals surface area contributed by atoms with Crippen molar-refractivity contribution < 1.29 is 13.5 Å². The van der Waals surface area contributed by atoms with E-state index in [1.165, 1.54) is 24.3 Å². The number of aliphatic hydroxyl groups is 1. The van der Waals surface area contributed by atoms with Crippen molar-refractivity contribution in [3.05, 3.63) is 63.6 Å². The topological polar surface area (TPSA) is 54.4 Å². The molecule has 2 aromatic carbocycles. The van der Waals surface area contributed by atoms with Crippen molar-refractivity contribution in [1.82, 2.24) is 0 Å². The second kappa shape index (κ2) is 6.36. The van der Waals surface area contributed by atoms with E-state index in [9.17, 15) is 13.5 Å². The fourth-order valence-electron chi connectivity index (χ4n) is 1.87. The van der Waals surface area contributed by atoms with E-state index >= 15 is 0 Å². The molecule has 0 saturated carbocycles. The van der Waals surface area contributed by atoms with Crippen molar-refractivity contribution in [2.75, 3.05) is 5.75 Å². The molecule has 0 fully saturated rings. The monoisotopic (exact) mass is 344 g/mol. The zero-order chi connectivity index (χ0) is 15.6. The molecule has 21 heavy (non-hydrogen) atoms. The van der Waals surface area contributed by atoms with Crippen LogP contribution < -0.4 is 0 Å². The van der Waals surface area contributed by atoms with Crippen LogP contribution in [0.25, 0.3) is 0 Å². The molecule has 0 bridgehead atoms. The zero-order valence-corrected chi connectivity index (χ0v) is 13.6. The van der Waals surface area contributed by atoms with Gasteiger partial charge in [0.1, 0.15) is 0 Å². The maximum Gasteiger partial charge on any atom is 0.181 e. The summed E-state index contributed by atoms with van der Waals surface area (Å²) in [5.41, 5.74) is 1.39. The standard InChI is InChI=1S/C15H14Cl2O3S/c1-10-2-5-12(6-3-10)21(19,20)9-15(18)11-4-7-13(16)14(17)8-11/h2-8,15,18H,9H2,1H3/t15-/m1/s1. The van der Waals surface area contributed by atoms with Gasteiger partial charge in [-0.15, -0.1) is 0 Å². The number of hydrogen-bond acceptors (Lipinski definition) is 3. The van der Waals surface area contributed by atoms with Crippen molar-refractivity contribution in [3.8, 4) is 0 Å². The Hall–Kier alpha value is -1.07. The number of aliphatic hydroxyl groups excluding tert-OH is 1. The molecule has 3 nitrogen and oxygen atoms in total. The molecule has 1 atom stereocenters. The van der Waals surface area contributed by atoms with Crippen LogP contribution in [0.4, 0.5) is 0 Å². The Balaban J connectivity index is 2.23. The SMILES string of the molecule is Cc1ccc(S(=O)(=O)C[C@@H](O)c2ccc(Cl)c(Cl)c2)cc1. The Morgan fingerprint density at radius 1 is 1.05 bits per heavy atom. The molecular weight excluding hydrogens is 331 g/mol. The first-order valence-corrected chi connectivity index (χ1v) is 8.63. The van der Waals surface area contributed by atoms with Crippen LogP contribution in [0.3, 0.4) is 0 Å². The molecular formula is C15H14Cl2O3S. The van der Waals surface area contributed by atoms with Gasteiger partial charge in [0.15, 0.2) is 9.84 Å². The number of aryl methyl sites for hydroxylation is 1. The van der Waals surface area contributed by atoms with E-state index in [0.29, 0.717) is 10.6 Å². The quantitative estimate of drug-likeness (QED) is 0.917. The van der Waals surface area contributed by atoms with Crippen LogP contribution in [0, 0.1) is 6.92 Å². The van der Waals surface area contributed by atoms with Gasteiger partial charge in [0.25, 0.3) is 0 Å². The van der Waals surface area contributed by atoms with Crippen LogP contribution in [0.1, 0.15) is 17.2 Å². The molecule has 0 aliphatic rings. The Bertz CT molecular complexity index is 740. The van der Waals surface area contributed by atoms with Gasteiger partial charge in [-0.2, -0.15) is 0 Å². The lowest BCUT2D eigenvalue weighted by Gasteiger charge is -2.12. The van der Waals surface area contributed by atoms with Crippen LogP contribution in [0.2, 0.25) is 10.0 Å². The summed E-state index contributed by atoms with van der Waals surface area (Å²) in [4.78, 5) is 0.187. The number of sulfone groups is 1. The van der Waals surface area contributed by atoms with Gasteiger partial charge in [0, 0.05) is 0 Å². The molecule has 0 unspecified atom stereocenters. The first kappa shape index (κ1) is 16.3. The van der Waals surface area contributed by atoms with Crippen LogP contribution in [-0.2, 0) is 9.84 Å². The van der Waals surface area contributed by atoms with Crippen molar-refractivity contribution >= 4 is 33.0 Å². The Morgan fingerprint density at radius 3 is 2.24 bits per heavy atom. The normalized spacial score (nSPS) is 13.1. The maximum atomic E-state index is 12.3. The minimum atomic E-state index is -3.57. The van der Waals surface area contributed by atoms with Crippen molar-refractivity contribution in [1.29, 1.82) is 0 Å². The largest absolute Gasteiger partial charge is 0.387 e. The smallest absolute Gasteiger partial charge is 0.181 e. The van der Waals surface area contributed by atoms with Crippen molar-refractivity contribution in [2.24, 2.45) is 0 Å². The minimum Gasteiger partial charge on any atom is -0.387 e. The molecule has 2 rings (SSSR count). The fourth-order valence-corrected chi connectivity index (χ4v) is 3.52. The number of halogens is 2. The van der Waals surface area contributed by atoms with Gasteiger partial charge in [0.05, 0.1) is 26.8 Å². The summed E-state index contributed by atoms with van der Waals surface area (Å²) in [6.07, 6.45) is -1.16. The zero-order valence-electron chi connectivity index (χ0n) is 11.3. The molecule has 0 amide bonds. The number of benzene rings is 2. The second-order valence-electron chi connectivity index (χ2n) is 4.78. The lowest BCUT2D eigenvalue weighted by atomic mass is 10.1.